The highest BCUT2D eigenvalue weighted by Gasteiger charge is 2.19. The van der Waals surface area contributed by atoms with Crippen LogP contribution in [0.2, 0.25) is 0 Å². The van der Waals surface area contributed by atoms with Gasteiger partial charge in [-0.25, -0.2) is 0 Å². The van der Waals surface area contributed by atoms with Crippen molar-refractivity contribution in [1.82, 2.24) is 0 Å². The van der Waals surface area contributed by atoms with Gasteiger partial charge in [-0.2, -0.15) is 0 Å². The fourth-order valence-electron chi connectivity index (χ4n) is 10.1. The molecular formula is C76H132O6. The quantitative estimate of drug-likeness (QED) is 0.0261. The minimum atomic E-state index is -0.795. The van der Waals surface area contributed by atoms with Gasteiger partial charge in [0.15, 0.2) is 6.10 Å². The summed E-state index contributed by atoms with van der Waals surface area (Å²) in [4.78, 5) is 38.3. The topological polar surface area (TPSA) is 78.9 Å². The van der Waals surface area contributed by atoms with Gasteiger partial charge < -0.3 is 14.2 Å². The zero-order valence-corrected chi connectivity index (χ0v) is 54.2. The fraction of sp³-hybridized carbons (Fsp3) is 0.750. The Hall–Kier alpha value is -3.67. The first-order valence-electron chi connectivity index (χ1n) is 35.2. The van der Waals surface area contributed by atoms with Crippen LogP contribution in [0.25, 0.3) is 0 Å². The average Bonchev–Trinajstić information content (AvgIpc) is 3.47. The minimum Gasteiger partial charge on any atom is -0.462 e. The van der Waals surface area contributed by atoms with E-state index in [1.54, 1.807) is 0 Å². The number of esters is 3. The molecular weight excluding hydrogens is 1010 g/mol. The van der Waals surface area contributed by atoms with Crippen molar-refractivity contribution in [2.45, 2.75) is 354 Å². The van der Waals surface area contributed by atoms with Gasteiger partial charge >= 0.3 is 17.9 Å². The standard InChI is InChI=1S/C76H132O6/c1-4-7-10-13-16-19-22-24-26-28-30-32-34-36-37-38-39-41-42-44-46-48-50-52-54-57-60-63-66-69-75(78)81-72-73(71-80-74(77)68-65-62-59-56-21-18-15-12-9-6-3)82-76(79)70-67-64-61-58-55-53-51-49-47-45-43-40-35-33-31-29-27-25-23-20-17-14-11-8-5-2/h8,11,17,20,25,27-28,30-31,33,40,43,47,49,53,55,73H,4-7,9-10,12-16,18-19,21-24,26,29,32,34-39,41-42,44-46,48,50-52,54,56-72H2,1-3H3/b11-8-,20-17-,27-25-,30-28-,33-31-,43-40-,49-47-,55-53-. The number of unbranched alkanes of at least 4 members (excludes halogenated alkanes) is 37. The van der Waals surface area contributed by atoms with Gasteiger partial charge in [-0.05, 0) is 103 Å². The Morgan fingerprint density at radius 3 is 0.768 bits per heavy atom. The smallest absolute Gasteiger partial charge is 0.306 e. The van der Waals surface area contributed by atoms with Gasteiger partial charge in [0, 0.05) is 19.3 Å². The summed E-state index contributed by atoms with van der Waals surface area (Å²) >= 11 is 0. The number of carbonyl (C=O) groups is 3. The van der Waals surface area contributed by atoms with Crippen LogP contribution in [0.5, 0.6) is 0 Å². The normalized spacial score (nSPS) is 12.7. The molecule has 0 saturated heterocycles. The van der Waals surface area contributed by atoms with E-state index in [1.165, 1.54) is 199 Å². The average molecular weight is 1140 g/mol. The molecule has 0 radical (unpaired) electrons. The summed E-state index contributed by atoms with van der Waals surface area (Å²) < 4.78 is 16.9. The molecule has 0 rings (SSSR count). The van der Waals surface area contributed by atoms with Crippen molar-refractivity contribution in [3.05, 3.63) is 97.2 Å². The lowest BCUT2D eigenvalue weighted by molar-refractivity contribution is -0.167. The van der Waals surface area contributed by atoms with E-state index >= 15 is 0 Å². The third kappa shape index (κ3) is 67.1. The van der Waals surface area contributed by atoms with Crippen molar-refractivity contribution in [3.8, 4) is 0 Å². The molecule has 6 heteroatoms. The summed E-state index contributed by atoms with van der Waals surface area (Å²) in [7, 11) is 0. The molecule has 0 heterocycles. The van der Waals surface area contributed by atoms with Gasteiger partial charge in [-0.3, -0.25) is 14.4 Å². The maximum Gasteiger partial charge on any atom is 0.306 e. The van der Waals surface area contributed by atoms with E-state index in [4.69, 9.17) is 14.2 Å². The number of hydrogen-bond acceptors (Lipinski definition) is 6. The van der Waals surface area contributed by atoms with Gasteiger partial charge in [-0.15, -0.1) is 0 Å². The number of hydrogen-bond donors (Lipinski definition) is 0. The zero-order chi connectivity index (χ0) is 59.2. The monoisotopic (exact) mass is 1140 g/mol. The predicted octanol–water partition coefficient (Wildman–Crippen LogP) is 24.4. The van der Waals surface area contributed by atoms with Crippen molar-refractivity contribution in [2.75, 3.05) is 13.2 Å². The predicted molar refractivity (Wildman–Crippen MR) is 357 cm³/mol. The van der Waals surface area contributed by atoms with E-state index in [-0.39, 0.29) is 37.5 Å². The molecule has 0 spiro atoms. The van der Waals surface area contributed by atoms with Gasteiger partial charge in [0.25, 0.3) is 0 Å². The van der Waals surface area contributed by atoms with Crippen LogP contribution in [0.15, 0.2) is 97.2 Å². The first-order valence-corrected chi connectivity index (χ1v) is 35.2. The van der Waals surface area contributed by atoms with Crippen LogP contribution in [0, 0.1) is 0 Å². The molecule has 0 saturated carbocycles. The second-order valence-electron chi connectivity index (χ2n) is 23.4. The Labute approximate surface area is 508 Å². The molecule has 472 valence electrons. The second kappa shape index (κ2) is 69.8. The van der Waals surface area contributed by atoms with Gasteiger partial charge in [0.1, 0.15) is 13.2 Å². The second-order valence-corrected chi connectivity index (χ2v) is 23.4. The summed E-state index contributed by atoms with van der Waals surface area (Å²) in [6.45, 7) is 6.52. The highest BCUT2D eigenvalue weighted by Crippen LogP contribution is 2.17. The molecule has 0 aromatic rings. The molecule has 82 heavy (non-hydrogen) atoms. The molecule has 0 bridgehead atoms. The maximum atomic E-state index is 12.9. The van der Waals surface area contributed by atoms with Crippen molar-refractivity contribution in [2.24, 2.45) is 0 Å². The Bertz CT molecular complexity index is 1590. The Balaban J connectivity index is 4.23. The summed E-state index contributed by atoms with van der Waals surface area (Å²) in [5.74, 6) is -0.908. The molecule has 1 atom stereocenters. The fourth-order valence-corrected chi connectivity index (χ4v) is 10.1. The van der Waals surface area contributed by atoms with E-state index in [0.29, 0.717) is 12.8 Å². The van der Waals surface area contributed by atoms with Crippen molar-refractivity contribution in [1.29, 1.82) is 0 Å². The zero-order valence-electron chi connectivity index (χ0n) is 54.2. The molecule has 0 fully saturated rings. The first-order chi connectivity index (χ1) is 40.5. The third-order valence-electron chi connectivity index (χ3n) is 15.3. The summed E-state index contributed by atoms with van der Waals surface area (Å²) in [5, 5.41) is 0. The van der Waals surface area contributed by atoms with Crippen LogP contribution in [0.1, 0.15) is 348 Å². The van der Waals surface area contributed by atoms with Gasteiger partial charge in [0.05, 0.1) is 0 Å². The maximum absolute atomic E-state index is 12.9. The van der Waals surface area contributed by atoms with Crippen molar-refractivity contribution in [3.63, 3.8) is 0 Å². The summed E-state index contributed by atoms with van der Waals surface area (Å²) in [5.41, 5.74) is 0. The highest BCUT2D eigenvalue weighted by molar-refractivity contribution is 5.71. The van der Waals surface area contributed by atoms with Crippen molar-refractivity contribution >= 4 is 17.9 Å². The van der Waals surface area contributed by atoms with Gasteiger partial charge in [0.2, 0.25) is 0 Å². The van der Waals surface area contributed by atoms with E-state index < -0.39 is 6.10 Å². The Morgan fingerprint density at radius 1 is 0.256 bits per heavy atom. The molecule has 0 amide bonds. The highest BCUT2D eigenvalue weighted by atomic mass is 16.6. The largest absolute Gasteiger partial charge is 0.462 e. The van der Waals surface area contributed by atoms with Crippen LogP contribution in [0.4, 0.5) is 0 Å². The molecule has 0 aliphatic rings. The number of carbonyl (C=O) groups excluding carboxylic acids is 3. The number of rotatable bonds is 64. The third-order valence-corrected chi connectivity index (χ3v) is 15.3. The Morgan fingerprint density at radius 2 is 0.476 bits per heavy atom. The van der Waals surface area contributed by atoms with Crippen molar-refractivity contribution < 1.29 is 28.6 Å². The van der Waals surface area contributed by atoms with E-state index in [0.717, 1.165) is 109 Å². The molecule has 0 aliphatic heterocycles. The first kappa shape index (κ1) is 78.3. The van der Waals surface area contributed by atoms with E-state index in [9.17, 15) is 14.4 Å². The molecule has 6 nitrogen and oxygen atoms in total. The minimum absolute atomic E-state index is 0.0879. The molecule has 0 N–H and O–H groups in total. The van der Waals surface area contributed by atoms with Crippen LogP contribution in [-0.2, 0) is 28.6 Å². The van der Waals surface area contributed by atoms with E-state index in [1.807, 2.05) is 0 Å². The Kier molecular flexibility index (Phi) is 66.7. The lowest BCUT2D eigenvalue weighted by Crippen LogP contribution is -2.30. The number of ether oxygens (including phenoxy) is 3. The lowest BCUT2D eigenvalue weighted by Gasteiger charge is -2.18. The molecule has 1 unspecified atom stereocenters. The van der Waals surface area contributed by atoms with Crippen LogP contribution < -0.4 is 0 Å². The van der Waals surface area contributed by atoms with Crippen LogP contribution in [0.3, 0.4) is 0 Å². The summed E-state index contributed by atoms with van der Waals surface area (Å²) in [6.07, 6.45) is 94.5. The molecule has 0 aliphatic carbocycles. The number of allylic oxidation sites excluding steroid dienone is 16. The van der Waals surface area contributed by atoms with Crippen LogP contribution >= 0.6 is 0 Å². The SMILES string of the molecule is CC/C=C\C/C=C\C/C=C\C/C=C\C/C=C\C/C=C\C/C=C\CCCCCC(=O)OC(COC(=O)CCCCCCCCCCCC)COC(=O)CCCCCCCCCCCCCCCCCCC/C=C\CCCCCCCCCC. The molecule has 0 aromatic heterocycles. The molecule has 0 aromatic carbocycles. The van der Waals surface area contributed by atoms with Crippen LogP contribution in [-0.4, -0.2) is 37.2 Å². The summed E-state index contributed by atoms with van der Waals surface area (Å²) in [6, 6.07) is 0. The van der Waals surface area contributed by atoms with E-state index in [2.05, 4.69) is 118 Å². The van der Waals surface area contributed by atoms with Gasteiger partial charge in [-0.1, -0.05) is 323 Å². The lowest BCUT2D eigenvalue weighted by atomic mass is 10.0.